The first-order valence-corrected chi connectivity index (χ1v) is 10.1. The molecule has 0 saturated carbocycles. The van der Waals surface area contributed by atoms with Gasteiger partial charge < -0.3 is 10.2 Å². The lowest BCUT2D eigenvalue weighted by atomic mass is 10.1. The highest BCUT2D eigenvalue weighted by Gasteiger charge is 2.27. The van der Waals surface area contributed by atoms with Crippen molar-refractivity contribution in [3.63, 3.8) is 0 Å². The van der Waals surface area contributed by atoms with E-state index in [2.05, 4.69) is 42.8 Å². The summed E-state index contributed by atoms with van der Waals surface area (Å²) in [5.74, 6) is 0.764. The lowest BCUT2D eigenvalue weighted by molar-refractivity contribution is 0.663. The zero-order valence-corrected chi connectivity index (χ0v) is 17.1. The maximum Gasteiger partial charge on any atom is 0.259 e. The van der Waals surface area contributed by atoms with Crippen molar-refractivity contribution in [3.05, 3.63) is 94.5 Å². The summed E-state index contributed by atoms with van der Waals surface area (Å²) in [6, 6.07) is 3.71. The van der Waals surface area contributed by atoms with Crippen molar-refractivity contribution >= 4 is 11.5 Å². The van der Waals surface area contributed by atoms with Gasteiger partial charge in [0.05, 0.1) is 6.04 Å². The number of aromatic nitrogens is 2. The fraction of sp³-hybridized carbons (Fsp3) is 0.292. The van der Waals surface area contributed by atoms with Gasteiger partial charge in [-0.1, -0.05) is 30.4 Å². The second-order valence-corrected chi connectivity index (χ2v) is 7.73. The normalized spacial score (nSPS) is 17.6. The maximum absolute atomic E-state index is 12.9. The first-order valence-electron chi connectivity index (χ1n) is 10.1. The molecule has 5 heteroatoms. The molecule has 1 N–H and O–H groups in total. The highest BCUT2D eigenvalue weighted by Crippen LogP contribution is 2.38. The van der Waals surface area contributed by atoms with Gasteiger partial charge in [-0.2, -0.15) is 0 Å². The van der Waals surface area contributed by atoms with Gasteiger partial charge in [-0.3, -0.25) is 9.20 Å². The van der Waals surface area contributed by atoms with E-state index >= 15 is 0 Å². The van der Waals surface area contributed by atoms with Crippen LogP contribution in [0.1, 0.15) is 38.4 Å². The molecule has 3 heterocycles. The van der Waals surface area contributed by atoms with Crippen LogP contribution in [-0.4, -0.2) is 22.5 Å². The van der Waals surface area contributed by atoms with Crippen molar-refractivity contribution in [2.75, 3.05) is 18.0 Å². The van der Waals surface area contributed by atoms with Gasteiger partial charge in [-0.05, 0) is 50.5 Å². The Morgan fingerprint density at radius 3 is 2.66 bits per heavy atom. The van der Waals surface area contributed by atoms with Crippen molar-refractivity contribution in [1.29, 1.82) is 0 Å². The fourth-order valence-electron chi connectivity index (χ4n) is 3.96. The van der Waals surface area contributed by atoms with Gasteiger partial charge in [0, 0.05) is 44.5 Å². The zero-order valence-electron chi connectivity index (χ0n) is 17.1. The van der Waals surface area contributed by atoms with Gasteiger partial charge >= 0.3 is 0 Å². The summed E-state index contributed by atoms with van der Waals surface area (Å²) >= 11 is 0. The van der Waals surface area contributed by atoms with Crippen molar-refractivity contribution in [2.45, 2.75) is 32.7 Å². The molecule has 2 aliphatic rings. The van der Waals surface area contributed by atoms with E-state index in [4.69, 9.17) is 4.98 Å². The van der Waals surface area contributed by atoms with E-state index in [0.717, 1.165) is 48.6 Å². The van der Waals surface area contributed by atoms with E-state index in [1.807, 2.05) is 19.2 Å². The van der Waals surface area contributed by atoms with E-state index < -0.39 is 0 Å². The van der Waals surface area contributed by atoms with Crippen LogP contribution in [0.3, 0.4) is 0 Å². The number of anilines is 1. The van der Waals surface area contributed by atoms with E-state index in [-0.39, 0.29) is 13.0 Å². The van der Waals surface area contributed by atoms with Crippen molar-refractivity contribution in [3.8, 4) is 0 Å². The molecule has 2 aromatic heterocycles. The third-order valence-corrected chi connectivity index (χ3v) is 5.58. The molecule has 151 valence electrons. The predicted molar refractivity (Wildman–Crippen MR) is 121 cm³/mol. The molecule has 0 saturated heterocycles. The van der Waals surface area contributed by atoms with Crippen molar-refractivity contribution in [1.82, 2.24) is 14.7 Å². The molecule has 5 nitrogen and oxygen atoms in total. The number of hydrogen-bond acceptors (Lipinski definition) is 4. The van der Waals surface area contributed by atoms with Crippen LogP contribution < -0.4 is 15.8 Å². The Balaban J connectivity index is 0.00000256. The molecule has 1 radical (unpaired) electrons. The Morgan fingerprint density at radius 1 is 1.28 bits per heavy atom. The quantitative estimate of drug-likeness (QED) is 0.750. The van der Waals surface area contributed by atoms with Crippen LogP contribution in [0.2, 0.25) is 0 Å². The lowest BCUT2D eigenvalue weighted by Crippen LogP contribution is -2.29. The second kappa shape index (κ2) is 7.74. The summed E-state index contributed by atoms with van der Waals surface area (Å²) < 4.78 is 1.66. The predicted octanol–water partition coefficient (Wildman–Crippen LogP) is 4.27. The minimum Gasteiger partial charge on any atom is -0.378 e. The van der Waals surface area contributed by atoms with Crippen LogP contribution in [0.4, 0.5) is 5.82 Å². The van der Waals surface area contributed by atoms with Crippen LogP contribution in [0, 0.1) is 13.3 Å². The first-order chi connectivity index (χ1) is 14.0. The van der Waals surface area contributed by atoms with Gasteiger partial charge in [0.1, 0.15) is 11.5 Å². The van der Waals surface area contributed by atoms with Gasteiger partial charge in [0.15, 0.2) is 0 Å². The summed E-state index contributed by atoms with van der Waals surface area (Å²) in [6.07, 6.45) is 11.6. The van der Waals surface area contributed by atoms with Crippen LogP contribution in [-0.2, 0) is 0 Å². The third kappa shape index (κ3) is 3.90. The average molecular weight is 390 g/mol. The molecule has 0 aromatic carbocycles. The van der Waals surface area contributed by atoms with Crippen LogP contribution in [0.25, 0.3) is 5.65 Å². The molecule has 0 amide bonds. The van der Waals surface area contributed by atoms with E-state index in [9.17, 15) is 4.79 Å². The maximum atomic E-state index is 12.9. The molecule has 1 aliphatic carbocycles. The number of fused-ring (bicyclic) bond motifs is 1. The van der Waals surface area contributed by atoms with Gasteiger partial charge in [-0.25, -0.2) is 4.98 Å². The second-order valence-electron chi connectivity index (χ2n) is 7.73. The van der Waals surface area contributed by atoms with Crippen molar-refractivity contribution < 1.29 is 1.43 Å². The standard InChI is InChI=1S/C24H27N4O.H2/c1-5-7-20(6-2)25-17(4)21-12-16(3)15-28-23(29)14-22(26-24(21)28)27-10-8-18-13-19(18)9-11-27;/h5-7,12-15,17,25H,1-2,8-11H2,3-4H3;1H/b20-7+;. The zero-order chi connectivity index (χ0) is 20.5. The largest absolute Gasteiger partial charge is 0.378 e. The Kier molecular flexibility index (Phi) is 5.14. The van der Waals surface area contributed by atoms with Crippen LogP contribution in [0.15, 0.2) is 71.4 Å². The molecule has 1 atom stereocenters. The number of nitrogens with zero attached hydrogens (tertiary/aromatic N) is 3. The average Bonchev–Trinajstić information content (AvgIpc) is 3.47. The number of allylic oxidation sites excluding steroid dienone is 3. The van der Waals surface area contributed by atoms with Gasteiger partial charge in [0.2, 0.25) is 0 Å². The number of aryl methyl sites for hydroxylation is 1. The highest BCUT2D eigenvalue weighted by molar-refractivity contribution is 5.58. The summed E-state index contributed by atoms with van der Waals surface area (Å²) in [6.45, 7) is 13.5. The topological polar surface area (TPSA) is 49.6 Å². The summed E-state index contributed by atoms with van der Waals surface area (Å²) in [5, 5.41) is 3.44. The number of nitrogens with one attached hydrogen (secondary N) is 1. The SMILES string of the molecule is C=C/C=C(\C=C)NC(C)c1cc(C)cn2c(=O)cc(N3CCC4=C([CH]4)CC3)nc12.[HH]. The molecule has 29 heavy (non-hydrogen) atoms. The molecule has 1 aliphatic heterocycles. The van der Waals surface area contributed by atoms with E-state index in [1.54, 1.807) is 22.6 Å². The van der Waals surface area contributed by atoms with Crippen LogP contribution in [0.5, 0.6) is 0 Å². The molecular formula is C24H29N4O. The molecule has 0 fully saturated rings. The Bertz CT molecular complexity index is 1100. The molecule has 1 unspecified atom stereocenters. The minimum atomic E-state index is -0.0475. The summed E-state index contributed by atoms with van der Waals surface area (Å²) in [5.41, 5.74) is 6.48. The number of hydrogen-bond donors (Lipinski definition) is 1. The molecular weight excluding hydrogens is 360 g/mol. The fourth-order valence-corrected chi connectivity index (χ4v) is 3.96. The Morgan fingerprint density at radius 2 is 2.00 bits per heavy atom. The molecule has 4 rings (SSSR count). The number of rotatable bonds is 6. The van der Waals surface area contributed by atoms with E-state index in [1.165, 1.54) is 11.1 Å². The lowest BCUT2D eigenvalue weighted by Gasteiger charge is -2.24. The first kappa shape index (κ1) is 19.2. The Hall–Kier alpha value is -3.08. The van der Waals surface area contributed by atoms with E-state index in [0.29, 0.717) is 5.65 Å². The number of pyridine rings is 1. The van der Waals surface area contributed by atoms with Crippen molar-refractivity contribution in [2.24, 2.45) is 0 Å². The minimum absolute atomic E-state index is 0. The van der Waals surface area contributed by atoms with Crippen LogP contribution >= 0.6 is 0 Å². The molecule has 0 bridgehead atoms. The molecule has 2 aromatic rings. The summed E-state index contributed by atoms with van der Waals surface area (Å²) in [7, 11) is 0. The highest BCUT2D eigenvalue weighted by atomic mass is 16.1. The van der Waals surface area contributed by atoms with Gasteiger partial charge in [-0.15, -0.1) is 0 Å². The Labute approximate surface area is 173 Å². The molecule has 0 spiro atoms. The van der Waals surface area contributed by atoms with Gasteiger partial charge in [0.25, 0.3) is 5.56 Å². The smallest absolute Gasteiger partial charge is 0.259 e. The third-order valence-electron chi connectivity index (χ3n) is 5.58. The monoisotopic (exact) mass is 389 g/mol. The summed E-state index contributed by atoms with van der Waals surface area (Å²) in [4.78, 5) is 20.1.